The SMILES string of the molecule is CC(=O)CC1c2ccc(F)cc2-c2ccccc2N1S(=O)(=O)c1ccc(C)cc1. The molecule has 1 unspecified atom stereocenters. The molecule has 148 valence electrons. The molecule has 0 spiro atoms. The Morgan fingerprint density at radius 1 is 1.00 bits per heavy atom. The highest BCUT2D eigenvalue weighted by molar-refractivity contribution is 7.92. The smallest absolute Gasteiger partial charge is 0.264 e. The summed E-state index contributed by atoms with van der Waals surface area (Å²) in [5, 5.41) is 0. The largest absolute Gasteiger partial charge is 0.300 e. The van der Waals surface area contributed by atoms with E-state index in [9.17, 15) is 17.6 Å². The van der Waals surface area contributed by atoms with Crippen LogP contribution in [0.25, 0.3) is 11.1 Å². The Bertz CT molecular complexity index is 1200. The molecule has 3 aromatic carbocycles. The van der Waals surface area contributed by atoms with Crippen molar-refractivity contribution in [3.63, 3.8) is 0 Å². The predicted molar refractivity (Wildman–Crippen MR) is 111 cm³/mol. The van der Waals surface area contributed by atoms with Gasteiger partial charge in [0.2, 0.25) is 0 Å². The molecule has 0 amide bonds. The van der Waals surface area contributed by atoms with Crippen LogP contribution in [0.3, 0.4) is 0 Å². The Morgan fingerprint density at radius 2 is 1.69 bits per heavy atom. The summed E-state index contributed by atoms with van der Waals surface area (Å²) < 4.78 is 42.7. The van der Waals surface area contributed by atoms with Crippen molar-refractivity contribution in [2.24, 2.45) is 0 Å². The Hall–Kier alpha value is -2.99. The minimum atomic E-state index is -3.95. The first-order valence-corrected chi connectivity index (χ1v) is 10.7. The van der Waals surface area contributed by atoms with Crippen LogP contribution in [0.5, 0.6) is 0 Å². The molecule has 0 bridgehead atoms. The van der Waals surface area contributed by atoms with E-state index in [-0.39, 0.29) is 17.1 Å². The average Bonchev–Trinajstić information content (AvgIpc) is 2.67. The number of benzene rings is 3. The molecule has 1 atom stereocenters. The number of carbonyl (C=O) groups is 1. The third-order valence-electron chi connectivity index (χ3n) is 5.15. The number of para-hydroxylation sites is 1. The molecule has 4 rings (SSSR count). The number of aryl methyl sites for hydroxylation is 1. The summed E-state index contributed by atoms with van der Waals surface area (Å²) in [5.74, 6) is -0.552. The Morgan fingerprint density at radius 3 is 2.38 bits per heavy atom. The van der Waals surface area contributed by atoms with Crippen molar-refractivity contribution in [2.75, 3.05) is 4.31 Å². The fraction of sp³-hybridized carbons (Fsp3) is 0.174. The van der Waals surface area contributed by atoms with Crippen molar-refractivity contribution in [1.82, 2.24) is 0 Å². The minimum absolute atomic E-state index is 0.00193. The van der Waals surface area contributed by atoms with Gasteiger partial charge in [0.15, 0.2) is 0 Å². The molecule has 0 radical (unpaired) electrons. The van der Waals surface area contributed by atoms with Crippen LogP contribution in [0.2, 0.25) is 0 Å². The monoisotopic (exact) mass is 409 g/mol. The van der Waals surface area contributed by atoms with Gasteiger partial charge in [0.25, 0.3) is 10.0 Å². The topological polar surface area (TPSA) is 54.5 Å². The number of hydrogen-bond donors (Lipinski definition) is 0. The zero-order valence-corrected chi connectivity index (χ0v) is 16.9. The number of rotatable bonds is 4. The van der Waals surface area contributed by atoms with Gasteiger partial charge in [-0.15, -0.1) is 0 Å². The van der Waals surface area contributed by atoms with Crippen molar-refractivity contribution >= 4 is 21.5 Å². The zero-order valence-electron chi connectivity index (χ0n) is 16.1. The van der Waals surface area contributed by atoms with E-state index in [0.717, 1.165) is 5.56 Å². The summed E-state index contributed by atoms with van der Waals surface area (Å²) in [5.41, 5.74) is 3.25. The Balaban J connectivity index is 1.99. The number of ketones is 1. The summed E-state index contributed by atoms with van der Waals surface area (Å²) in [6.45, 7) is 3.32. The van der Waals surface area contributed by atoms with Crippen molar-refractivity contribution in [2.45, 2.75) is 31.2 Å². The third kappa shape index (κ3) is 3.34. The maximum Gasteiger partial charge on any atom is 0.264 e. The molecular formula is C23H20FNO3S. The van der Waals surface area contributed by atoms with E-state index in [1.807, 2.05) is 6.92 Å². The molecule has 0 N–H and O–H groups in total. The van der Waals surface area contributed by atoms with E-state index < -0.39 is 21.9 Å². The molecular weight excluding hydrogens is 389 g/mol. The first kappa shape index (κ1) is 19.3. The second kappa shape index (κ2) is 7.12. The fourth-order valence-corrected chi connectivity index (χ4v) is 5.47. The quantitative estimate of drug-likeness (QED) is 0.607. The molecule has 0 saturated carbocycles. The Labute approximate surface area is 169 Å². The second-order valence-corrected chi connectivity index (χ2v) is 9.10. The normalized spacial score (nSPS) is 15.6. The van der Waals surface area contributed by atoms with Crippen LogP contribution < -0.4 is 4.31 Å². The molecule has 0 aliphatic carbocycles. The van der Waals surface area contributed by atoms with Crippen molar-refractivity contribution in [3.8, 4) is 11.1 Å². The maximum atomic E-state index is 14.0. The summed E-state index contributed by atoms with van der Waals surface area (Å²) in [6, 6.07) is 17.1. The lowest BCUT2D eigenvalue weighted by molar-refractivity contribution is -0.117. The van der Waals surface area contributed by atoms with E-state index in [1.165, 1.54) is 23.4 Å². The summed E-state index contributed by atoms with van der Waals surface area (Å²) in [7, 11) is -3.95. The zero-order chi connectivity index (χ0) is 20.8. The fourth-order valence-electron chi connectivity index (χ4n) is 3.83. The van der Waals surface area contributed by atoms with Gasteiger partial charge in [0.1, 0.15) is 11.6 Å². The van der Waals surface area contributed by atoms with Gasteiger partial charge < -0.3 is 0 Å². The van der Waals surface area contributed by atoms with Crippen LogP contribution in [-0.2, 0) is 14.8 Å². The molecule has 3 aromatic rings. The molecule has 0 fully saturated rings. The van der Waals surface area contributed by atoms with Gasteiger partial charge in [0, 0.05) is 12.0 Å². The van der Waals surface area contributed by atoms with E-state index in [1.54, 1.807) is 54.6 Å². The van der Waals surface area contributed by atoms with E-state index >= 15 is 0 Å². The van der Waals surface area contributed by atoms with Gasteiger partial charge in [0.05, 0.1) is 16.6 Å². The van der Waals surface area contributed by atoms with Crippen molar-refractivity contribution in [3.05, 3.63) is 83.7 Å². The molecule has 6 heteroatoms. The summed E-state index contributed by atoms with van der Waals surface area (Å²) in [4.78, 5) is 12.2. The van der Waals surface area contributed by atoms with Gasteiger partial charge in [-0.3, -0.25) is 9.10 Å². The van der Waals surface area contributed by atoms with Crippen LogP contribution in [-0.4, -0.2) is 14.2 Å². The van der Waals surface area contributed by atoms with Crippen LogP contribution in [0.1, 0.15) is 30.5 Å². The van der Waals surface area contributed by atoms with E-state index in [2.05, 4.69) is 0 Å². The molecule has 0 aromatic heterocycles. The van der Waals surface area contributed by atoms with Crippen LogP contribution in [0.15, 0.2) is 71.6 Å². The molecule has 1 aliphatic heterocycles. The van der Waals surface area contributed by atoms with Crippen molar-refractivity contribution < 1.29 is 17.6 Å². The number of fused-ring (bicyclic) bond motifs is 3. The average molecular weight is 409 g/mol. The van der Waals surface area contributed by atoms with Gasteiger partial charge in [-0.25, -0.2) is 12.8 Å². The van der Waals surface area contributed by atoms with E-state index in [0.29, 0.717) is 22.4 Å². The summed E-state index contributed by atoms with van der Waals surface area (Å²) in [6.07, 6.45) is -0.00193. The number of anilines is 1. The van der Waals surface area contributed by atoms with Crippen LogP contribution in [0, 0.1) is 12.7 Å². The minimum Gasteiger partial charge on any atom is -0.300 e. The third-order valence-corrected chi connectivity index (χ3v) is 6.98. The second-order valence-electron chi connectivity index (χ2n) is 7.28. The number of Topliss-reactive ketones (excluding diaryl/α,β-unsaturated/α-hetero) is 1. The number of halogens is 1. The van der Waals surface area contributed by atoms with Crippen LogP contribution in [0.4, 0.5) is 10.1 Å². The van der Waals surface area contributed by atoms with Crippen LogP contribution >= 0.6 is 0 Å². The molecule has 1 heterocycles. The van der Waals surface area contributed by atoms with Gasteiger partial charge in [-0.1, -0.05) is 42.0 Å². The standard InChI is InChI=1S/C23H20FNO3S/c1-15-7-10-18(11-8-15)29(27,28)25-22-6-4-3-5-19(22)21-14-17(24)9-12-20(21)23(25)13-16(2)26/h3-12,14,23H,13H2,1-2H3. The summed E-state index contributed by atoms with van der Waals surface area (Å²) >= 11 is 0. The molecule has 1 aliphatic rings. The lowest BCUT2D eigenvalue weighted by Gasteiger charge is -2.39. The first-order valence-electron chi connectivity index (χ1n) is 9.28. The van der Waals surface area contributed by atoms with Gasteiger partial charge >= 0.3 is 0 Å². The lowest BCUT2D eigenvalue weighted by Crippen LogP contribution is -2.38. The van der Waals surface area contributed by atoms with Gasteiger partial charge in [-0.05, 0) is 55.3 Å². The highest BCUT2D eigenvalue weighted by Gasteiger charge is 2.39. The number of hydrogen-bond acceptors (Lipinski definition) is 3. The first-order chi connectivity index (χ1) is 13.8. The van der Waals surface area contributed by atoms with E-state index in [4.69, 9.17) is 0 Å². The molecule has 4 nitrogen and oxygen atoms in total. The predicted octanol–water partition coefficient (Wildman–Crippen LogP) is 5.03. The van der Waals surface area contributed by atoms with Crippen molar-refractivity contribution in [1.29, 1.82) is 0 Å². The number of sulfonamides is 1. The highest BCUT2D eigenvalue weighted by Crippen LogP contribution is 2.48. The number of nitrogens with zero attached hydrogens (tertiary/aromatic N) is 1. The highest BCUT2D eigenvalue weighted by atomic mass is 32.2. The number of carbonyl (C=O) groups excluding carboxylic acids is 1. The Kier molecular flexibility index (Phi) is 4.74. The maximum absolute atomic E-state index is 14.0. The van der Waals surface area contributed by atoms with Gasteiger partial charge in [-0.2, -0.15) is 0 Å². The lowest BCUT2D eigenvalue weighted by atomic mass is 9.87. The molecule has 29 heavy (non-hydrogen) atoms. The molecule has 0 saturated heterocycles.